The molecule has 0 aliphatic carbocycles. The predicted octanol–water partition coefficient (Wildman–Crippen LogP) is 3.27. The fourth-order valence-corrected chi connectivity index (χ4v) is 2.08. The van der Waals surface area contributed by atoms with Crippen LogP contribution in [0.1, 0.15) is 29.0 Å². The smallest absolute Gasteiger partial charge is 0.352 e. The highest BCUT2D eigenvalue weighted by molar-refractivity contribution is 5.85. The molecule has 0 saturated heterocycles. The van der Waals surface area contributed by atoms with E-state index < -0.39 is 17.6 Å². The molecule has 1 unspecified atom stereocenters. The van der Waals surface area contributed by atoms with E-state index in [2.05, 4.69) is 0 Å². The van der Waals surface area contributed by atoms with Crippen LogP contribution < -0.4 is 0 Å². The molecule has 0 spiro atoms. The molecule has 1 heterocycles. The van der Waals surface area contributed by atoms with Crippen molar-refractivity contribution in [3.05, 3.63) is 59.4 Å². The summed E-state index contributed by atoms with van der Waals surface area (Å²) in [5.74, 6) is -2.29. The van der Waals surface area contributed by atoms with Gasteiger partial charge in [0, 0.05) is 17.8 Å². The van der Waals surface area contributed by atoms with Gasteiger partial charge in [-0.1, -0.05) is 6.07 Å². The van der Waals surface area contributed by atoms with Gasteiger partial charge in [-0.25, -0.2) is 13.6 Å². The molecule has 1 aromatic carbocycles. The van der Waals surface area contributed by atoms with Crippen molar-refractivity contribution in [1.82, 2.24) is 4.57 Å². The summed E-state index contributed by atoms with van der Waals surface area (Å²) < 4.78 is 28.6. The summed E-state index contributed by atoms with van der Waals surface area (Å²) in [6.45, 7) is 1.72. The van der Waals surface area contributed by atoms with E-state index in [1.165, 1.54) is 28.8 Å². The lowest BCUT2D eigenvalue weighted by Gasteiger charge is -2.16. The Morgan fingerprint density at radius 3 is 2.47 bits per heavy atom. The van der Waals surface area contributed by atoms with Gasteiger partial charge in [0.25, 0.3) is 0 Å². The minimum Gasteiger partial charge on any atom is -0.477 e. The number of rotatable bonds is 4. The van der Waals surface area contributed by atoms with Crippen LogP contribution in [0, 0.1) is 11.6 Å². The lowest BCUT2D eigenvalue weighted by atomic mass is 10.1. The van der Waals surface area contributed by atoms with Crippen LogP contribution in [-0.2, 0) is 6.42 Å². The van der Waals surface area contributed by atoms with Gasteiger partial charge in [-0.3, -0.25) is 0 Å². The Morgan fingerprint density at radius 1 is 1.26 bits per heavy atom. The molecule has 5 heteroatoms. The molecule has 0 bridgehead atoms. The van der Waals surface area contributed by atoms with Crippen molar-refractivity contribution in [2.75, 3.05) is 0 Å². The van der Waals surface area contributed by atoms with Gasteiger partial charge >= 0.3 is 5.97 Å². The average molecular weight is 265 g/mol. The van der Waals surface area contributed by atoms with E-state index in [0.29, 0.717) is 0 Å². The Bertz CT molecular complexity index is 587. The zero-order valence-corrected chi connectivity index (χ0v) is 10.3. The monoisotopic (exact) mass is 265 g/mol. The summed E-state index contributed by atoms with van der Waals surface area (Å²) in [6, 6.07) is 6.39. The molecule has 1 N–H and O–H groups in total. The van der Waals surface area contributed by atoms with E-state index in [9.17, 15) is 13.6 Å². The fraction of sp³-hybridized carbons (Fsp3) is 0.214. The van der Waals surface area contributed by atoms with Gasteiger partial charge in [0.2, 0.25) is 0 Å². The van der Waals surface area contributed by atoms with Gasteiger partial charge in [-0.2, -0.15) is 0 Å². The van der Waals surface area contributed by atoms with Gasteiger partial charge in [-0.05, 0) is 37.6 Å². The zero-order chi connectivity index (χ0) is 14.0. The highest BCUT2D eigenvalue weighted by atomic mass is 19.1. The molecular formula is C14H13F2NO2. The molecule has 2 rings (SSSR count). The second-order valence-corrected chi connectivity index (χ2v) is 4.36. The average Bonchev–Trinajstić information content (AvgIpc) is 2.83. The maximum Gasteiger partial charge on any atom is 0.352 e. The molecule has 0 fully saturated rings. The first-order valence-corrected chi connectivity index (χ1v) is 5.83. The van der Waals surface area contributed by atoms with Crippen LogP contribution in [0.2, 0.25) is 0 Å². The topological polar surface area (TPSA) is 42.2 Å². The Labute approximate surface area is 109 Å². The molecule has 19 heavy (non-hydrogen) atoms. The lowest BCUT2D eigenvalue weighted by molar-refractivity contribution is 0.0683. The third-order valence-electron chi connectivity index (χ3n) is 3.03. The van der Waals surface area contributed by atoms with Crippen molar-refractivity contribution in [3.63, 3.8) is 0 Å². The van der Waals surface area contributed by atoms with Gasteiger partial charge in [0.15, 0.2) is 0 Å². The third kappa shape index (κ3) is 2.65. The quantitative estimate of drug-likeness (QED) is 0.921. The normalized spacial score (nSPS) is 12.4. The molecule has 0 amide bonds. The fourth-order valence-electron chi connectivity index (χ4n) is 2.08. The second kappa shape index (κ2) is 5.22. The summed E-state index contributed by atoms with van der Waals surface area (Å²) in [4.78, 5) is 11.0. The highest BCUT2D eigenvalue weighted by Crippen LogP contribution is 2.21. The van der Waals surface area contributed by atoms with Crippen molar-refractivity contribution in [2.45, 2.75) is 19.4 Å². The van der Waals surface area contributed by atoms with E-state index in [4.69, 9.17) is 5.11 Å². The van der Waals surface area contributed by atoms with Crippen LogP contribution in [-0.4, -0.2) is 15.6 Å². The van der Waals surface area contributed by atoms with Crippen molar-refractivity contribution < 1.29 is 18.7 Å². The number of aromatic nitrogens is 1. The van der Waals surface area contributed by atoms with E-state index in [-0.39, 0.29) is 23.7 Å². The maximum atomic E-state index is 13.5. The van der Waals surface area contributed by atoms with Gasteiger partial charge < -0.3 is 9.67 Å². The Kier molecular flexibility index (Phi) is 3.64. The highest BCUT2D eigenvalue weighted by Gasteiger charge is 2.17. The molecule has 0 saturated carbocycles. The minimum absolute atomic E-state index is 0.0277. The summed E-state index contributed by atoms with van der Waals surface area (Å²) >= 11 is 0. The van der Waals surface area contributed by atoms with E-state index >= 15 is 0 Å². The molecule has 3 nitrogen and oxygen atoms in total. The largest absolute Gasteiger partial charge is 0.477 e. The van der Waals surface area contributed by atoms with Crippen LogP contribution in [0.3, 0.4) is 0 Å². The molecule has 2 aromatic rings. The number of carboxylic acids is 1. The van der Waals surface area contributed by atoms with Crippen molar-refractivity contribution in [1.29, 1.82) is 0 Å². The first-order valence-electron chi connectivity index (χ1n) is 5.83. The van der Waals surface area contributed by atoms with E-state index in [1.54, 1.807) is 19.2 Å². The summed E-state index contributed by atoms with van der Waals surface area (Å²) in [7, 11) is 0. The Hall–Kier alpha value is -2.17. The number of halogens is 2. The summed E-state index contributed by atoms with van der Waals surface area (Å²) in [5.41, 5.74) is 0.0734. The molecule has 1 atom stereocenters. The van der Waals surface area contributed by atoms with Crippen LogP contribution >= 0.6 is 0 Å². The summed E-state index contributed by atoms with van der Waals surface area (Å²) in [6.07, 6.45) is 1.68. The van der Waals surface area contributed by atoms with Crippen LogP contribution in [0.5, 0.6) is 0 Å². The van der Waals surface area contributed by atoms with Crippen LogP contribution in [0.25, 0.3) is 0 Å². The molecule has 0 radical (unpaired) electrons. The number of aromatic carboxylic acids is 1. The van der Waals surface area contributed by atoms with Crippen LogP contribution in [0.4, 0.5) is 8.78 Å². The van der Waals surface area contributed by atoms with Crippen molar-refractivity contribution in [3.8, 4) is 0 Å². The lowest BCUT2D eigenvalue weighted by Crippen LogP contribution is -2.15. The molecular weight excluding hydrogens is 252 g/mol. The number of carbonyl (C=O) groups is 1. The van der Waals surface area contributed by atoms with Crippen molar-refractivity contribution >= 4 is 5.97 Å². The predicted molar refractivity (Wildman–Crippen MR) is 66.2 cm³/mol. The molecule has 0 aliphatic rings. The van der Waals surface area contributed by atoms with Gasteiger partial charge in [0.05, 0.1) is 0 Å². The SMILES string of the molecule is CC(Cc1c(F)cccc1F)n1cccc1C(=O)O. The van der Waals surface area contributed by atoms with Crippen molar-refractivity contribution in [2.24, 2.45) is 0 Å². The van der Waals surface area contributed by atoms with Crippen LogP contribution in [0.15, 0.2) is 36.5 Å². The third-order valence-corrected chi connectivity index (χ3v) is 3.03. The minimum atomic E-state index is -1.06. The zero-order valence-electron chi connectivity index (χ0n) is 10.3. The Balaban J connectivity index is 2.28. The Morgan fingerprint density at radius 2 is 1.89 bits per heavy atom. The number of nitrogens with zero attached hydrogens (tertiary/aromatic N) is 1. The van der Waals surface area contributed by atoms with Gasteiger partial charge in [-0.15, -0.1) is 0 Å². The summed E-state index contributed by atoms with van der Waals surface area (Å²) in [5, 5.41) is 9.01. The van der Waals surface area contributed by atoms with Gasteiger partial charge in [0.1, 0.15) is 17.3 Å². The first kappa shape index (κ1) is 13.3. The molecule has 0 aliphatic heterocycles. The second-order valence-electron chi connectivity index (χ2n) is 4.36. The number of benzene rings is 1. The van der Waals surface area contributed by atoms with E-state index in [0.717, 1.165) is 0 Å². The first-order chi connectivity index (χ1) is 9.00. The molecule has 100 valence electrons. The standard InChI is InChI=1S/C14H13F2NO2/c1-9(17-7-3-6-13(17)14(18)19)8-10-11(15)4-2-5-12(10)16/h2-7,9H,8H2,1H3,(H,18,19). The number of carboxylic acid groups (broad SMARTS) is 1. The molecule has 1 aromatic heterocycles. The number of hydrogen-bond donors (Lipinski definition) is 1. The van der Waals surface area contributed by atoms with E-state index in [1.807, 2.05) is 0 Å². The number of hydrogen-bond acceptors (Lipinski definition) is 1. The maximum absolute atomic E-state index is 13.5.